The molecule has 1 heterocycles. The first-order chi connectivity index (χ1) is 21.2. The SMILES string of the molecule is CN1CCC(OC(=O)Nc2ccc(CCC(=O)Nc3cc(F)c(CO[Si](C)(C)C(C)(C)C)cc3F)cc2-c2ccccc2)CC1. The van der Waals surface area contributed by atoms with Gasteiger partial charge in [-0.25, -0.2) is 13.6 Å². The number of nitrogens with zero attached hydrogens (tertiary/aromatic N) is 1. The molecule has 3 aromatic rings. The quantitative estimate of drug-likeness (QED) is 0.218. The number of hydrogen-bond acceptors (Lipinski definition) is 5. The summed E-state index contributed by atoms with van der Waals surface area (Å²) in [5, 5.41) is 5.34. The lowest BCUT2D eigenvalue weighted by molar-refractivity contribution is -0.116. The Morgan fingerprint density at radius 3 is 2.29 bits per heavy atom. The lowest BCUT2D eigenvalue weighted by Gasteiger charge is -2.36. The van der Waals surface area contributed by atoms with Crippen LogP contribution in [0.15, 0.2) is 60.7 Å². The van der Waals surface area contributed by atoms with Crippen LogP contribution in [0.1, 0.15) is 51.2 Å². The van der Waals surface area contributed by atoms with Gasteiger partial charge in [-0.1, -0.05) is 57.2 Å². The van der Waals surface area contributed by atoms with Gasteiger partial charge in [-0.2, -0.15) is 0 Å². The van der Waals surface area contributed by atoms with Crippen LogP contribution < -0.4 is 10.6 Å². The molecule has 242 valence electrons. The molecule has 7 nitrogen and oxygen atoms in total. The van der Waals surface area contributed by atoms with Crippen LogP contribution in [-0.2, 0) is 27.0 Å². The number of rotatable bonds is 10. The minimum Gasteiger partial charge on any atom is -0.446 e. The predicted octanol–water partition coefficient (Wildman–Crippen LogP) is 8.37. The number of amides is 2. The number of likely N-dealkylation sites (tertiary alicyclic amines) is 1. The average molecular weight is 638 g/mol. The summed E-state index contributed by atoms with van der Waals surface area (Å²) in [6.07, 6.45) is 1.38. The van der Waals surface area contributed by atoms with Gasteiger partial charge in [0.25, 0.3) is 0 Å². The highest BCUT2D eigenvalue weighted by molar-refractivity contribution is 6.74. The van der Waals surface area contributed by atoms with E-state index in [1.54, 1.807) is 6.07 Å². The van der Waals surface area contributed by atoms with Gasteiger partial charge in [0.2, 0.25) is 5.91 Å². The lowest BCUT2D eigenvalue weighted by atomic mass is 9.99. The van der Waals surface area contributed by atoms with E-state index in [4.69, 9.17) is 9.16 Å². The molecule has 0 radical (unpaired) electrons. The Kier molecular flexibility index (Phi) is 11.2. The molecule has 3 aromatic carbocycles. The normalized spacial score (nSPS) is 14.7. The van der Waals surface area contributed by atoms with Crippen LogP contribution in [0.4, 0.5) is 25.0 Å². The van der Waals surface area contributed by atoms with Gasteiger partial charge >= 0.3 is 6.09 Å². The van der Waals surface area contributed by atoms with Gasteiger partial charge in [0, 0.05) is 36.7 Å². The van der Waals surface area contributed by atoms with E-state index in [1.807, 2.05) is 55.6 Å². The fourth-order valence-corrected chi connectivity index (χ4v) is 5.80. The van der Waals surface area contributed by atoms with E-state index in [0.29, 0.717) is 12.1 Å². The largest absolute Gasteiger partial charge is 0.446 e. The monoisotopic (exact) mass is 637 g/mol. The predicted molar refractivity (Wildman–Crippen MR) is 178 cm³/mol. The van der Waals surface area contributed by atoms with Crippen molar-refractivity contribution >= 4 is 31.7 Å². The highest BCUT2D eigenvalue weighted by Crippen LogP contribution is 2.37. The second-order valence-electron chi connectivity index (χ2n) is 13.3. The Morgan fingerprint density at radius 1 is 0.933 bits per heavy atom. The molecule has 0 unspecified atom stereocenters. The number of ether oxygens (including phenoxy) is 1. The van der Waals surface area contributed by atoms with Gasteiger partial charge in [0.15, 0.2) is 8.32 Å². The van der Waals surface area contributed by atoms with Gasteiger partial charge in [0.1, 0.15) is 17.7 Å². The highest BCUT2D eigenvalue weighted by Gasteiger charge is 2.37. The summed E-state index contributed by atoms with van der Waals surface area (Å²) < 4.78 is 41.5. The minimum atomic E-state index is -2.15. The molecule has 0 aromatic heterocycles. The van der Waals surface area contributed by atoms with Crippen LogP contribution in [0.2, 0.25) is 18.1 Å². The average Bonchev–Trinajstić information content (AvgIpc) is 2.98. The summed E-state index contributed by atoms with van der Waals surface area (Å²) >= 11 is 0. The molecule has 0 aliphatic carbocycles. The Bertz CT molecular complexity index is 1490. The van der Waals surface area contributed by atoms with Gasteiger partial charge in [-0.15, -0.1) is 0 Å². The minimum absolute atomic E-state index is 0.0298. The van der Waals surface area contributed by atoms with Gasteiger partial charge in [-0.3, -0.25) is 10.1 Å². The molecule has 1 saturated heterocycles. The third kappa shape index (κ3) is 9.45. The Balaban J connectivity index is 1.39. The van der Waals surface area contributed by atoms with Crippen LogP contribution in [0.25, 0.3) is 11.1 Å². The first-order valence-electron chi connectivity index (χ1n) is 15.5. The third-order valence-corrected chi connectivity index (χ3v) is 13.3. The molecule has 4 rings (SSSR count). The first-order valence-corrected chi connectivity index (χ1v) is 18.4. The van der Waals surface area contributed by atoms with Crippen molar-refractivity contribution in [1.82, 2.24) is 4.90 Å². The van der Waals surface area contributed by atoms with Gasteiger partial charge in [-0.05, 0) is 73.8 Å². The Morgan fingerprint density at radius 2 is 1.62 bits per heavy atom. The number of nitrogens with one attached hydrogen (secondary N) is 2. The number of halogens is 2. The molecule has 10 heteroatoms. The van der Waals surface area contributed by atoms with Crippen molar-refractivity contribution in [2.45, 2.75) is 77.3 Å². The van der Waals surface area contributed by atoms with Crippen LogP contribution in [0.5, 0.6) is 0 Å². The molecular weight excluding hydrogens is 592 g/mol. The molecule has 1 fully saturated rings. The second-order valence-corrected chi connectivity index (χ2v) is 18.1. The Hall–Kier alpha value is -3.60. The number of piperidine rings is 1. The molecule has 1 aliphatic heterocycles. The zero-order valence-corrected chi connectivity index (χ0v) is 28.1. The summed E-state index contributed by atoms with van der Waals surface area (Å²) in [5.74, 6) is -1.79. The zero-order chi connectivity index (χ0) is 32.8. The molecule has 1 aliphatic rings. The number of benzene rings is 3. The highest BCUT2D eigenvalue weighted by atomic mass is 28.4. The topological polar surface area (TPSA) is 79.9 Å². The summed E-state index contributed by atoms with van der Waals surface area (Å²) in [5.41, 5.74) is 3.05. The van der Waals surface area contributed by atoms with Crippen molar-refractivity contribution in [1.29, 1.82) is 0 Å². The van der Waals surface area contributed by atoms with E-state index in [1.165, 1.54) is 0 Å². The first kappa shape index (κ1) is 34.3. The third-order valence-electron chi connectivity index (χ3n) is 8.79. The molecule has 0 atom stereocenters. The van der Waals surface area contributed by atoms with Crippen LogP contribution in [-0.4, -0.2) is 51.5 Å². The van der Waals surface area contributed by atoms with Gasteiger partial charge < -0.3 is 19.4 Å². The maximum Gasteiger partial charge on any atom is 0.411 e. The van der Waals surface area contributed by atoms with E-state index in [9.17, 15) is 18.4 Å². The van der Waals surface area contributed by atoms with Crippen molar-refractivity contribution in [2.24, 2.45) is 0 Å². The van der Waals surface area contributed by atoms with Gasteiger partial charge in [0.05, 0.1) is 18.0 Å². The number of hydrogen-bond donors (Lipinski definition) is 2. The number of aryl methyl sites for hydroxylation is 1. The van der Waals surface area contributed by atoms with E-state index in [2.05, 4.69) is 43.4 Å². The molecule has 2 amide bonds. The van der Waals surface area contributed by atoms with Crippen LogP contribution in [0.3, 0.4) is 0 Å². The molecular formula is C35H45F2N3O4Si. The number of anilines is 2. The lowest BCUT2D eigenvalue weighted by Crippen LogP contribution is -2.40. The number of carbonyl (C=O) groups excluding carboxylic acids is 2. The Labute approximate surface area is 266 Å². The summed E-state index contributed by atoms with van der Waals surface area (Å²) in [6.45, 7) is 12.1. The van der Waals surface area contributed by atoms with Crippen LogP contribution >= 0.6 is 0 Å². The smallest absolute Gasteiger partial charge is 0.411 e. The maximum absolute atomic E-state index is 14.9. The van der Waals surface area contributed by atoms with E-state index in [-0.39, 0.29) is 35.4 Å². The van der Waals surface area contributed by atoms with Crippen molar-refractivity contribution in [3.8, 4) is 11.1 Å². The second kappa shape index (κ2) is 14.7. The van der Waals surface area contributed by atoms with Crippen LogP contribution in [0, 0.1) is 11.6 Å². The summed E-state index contributed by atoms with van der Waals surface area (Å²) in [4.78, 5) is 27.7. The fourth-order valence-electron chi connectivity index (χ4n) is 4.85. The van der Waals surface area contributed by atoms with E-state index in [0.717, 1.165) is 54.8 Å². The summed E-state index contributed by atoms with van der Waals surface area (Å²) in [7, 11) is -0.0956. The maximum atomic E-state index is 14.9. The van der Waals surface area contributed by atoms with Crippen molar-refractivity contribution in [2.75, 3.05) is 30.8 Å². The fraction of sp³-hybridized carbons (Fsp3) is 0.429. The van der Waals surface area contributed by atoms with Crippen molar-refractivity contribution in [3.63, 3.8) is 0 Å². The molecule has 0 saturated carbocycles. The number of carbonyl (C=O) groups is 2. The molecule has 45 heavy (non-hydrogen) atoms. The summed E-state index contributed by atoms with van der Waals surface area (Å²) in [6, 6.07) is 17.3. The zero-order valence-electron chi connectivity index (χ0n) is 27.1. The van der Waals surface area contributed by atoms with Crippen molar-refractivity contribution in [3.05, 3.63) is 83.4 Å². The van der Waals surface area contributed by atoms with E-state index >= 15 is 0 Å². The molecule has 2 N–H and O–H groups in total. The van der Waals surface area contributed by atoms with Crippen molar-refractivity contribution < 1.29 is 27.5 Å². The molecule has 0 spiro atoms. The van der Waals surface area contributed by atoms with E-state index < -0.39 is 32.0 Å². The standard InChI is InChI=1S/C35H45F2N3O4Si/c1-35(2,3)45(5,6)43-23-26-21-30(37)32(22-29(26)36)38-33(41)15-13-24-12-14-31(28(20-24)25-10-8-7-9-11-25)39-34(42)44-27-16-18-40(4)19-17-27/h7-12,14,20-22,27H,13,15-19,23H2,1-6H3,(H,38,41)(H,39,42). The molecule has 0 bridgehead atoms.